The molecule has 392 valence electrons. The number of phosphoric acid groups is 1. The van der Waals surface area contributed by atoms with E-state index in [1.165, 1.54) is 218 Å². The molecule has 9 nitrogen and oxygen atoms in total. The summed E-state index contributed by atoms with van der Waals surface area (Å²) in [5.41, 5.74) is 0. The lowest BCUT2D eigenvalue weighted by Crippen LogP contribution is -2.37. The van der Waals surface area contributed by atoms with E-state index in [2.05, 4.69) is 26.0 Å². The molecule has 0 saturated carbocycles. The Hall–Kier alpha value is -1.25. The molecule has 0 aliphatic rings. The van der Waals surface area contributed by atoms with E-state index in [0.717, 1.165) is 32.1 Å². The number of esters is 2. The second-order valence-corrected chi connectivity index (χ2v) is 22.1. The molecule has 0 heterocycles. The van der Waals surface area contributed by atoms with Crippen LogP contribution in [0.5, 0.6) is 0 Å². The molecule has 0 amide bonds. The van der Waals surface area contributed by atoms with Crippen LogP contribution in [0.3, 0.4) is 0 Å². The highest BCUT2D eigenvalue weighted by atomic mass is 31.2. The van der Waals surface area contributed by atoms with Gasteiger partial charge in [-0.15, -0.1) is 0 Å². The summed E-state index contributed by atoms with van der Waals surface area (Å²) in [6.07, 6.45) is 55.6. The van der Waals surface area contributed by atoms with Gasteiger partial charge >= 0.3 is 19.8 Å². The standard InChI is InChI=1S/C56H110NO8P/c1-6-8-10-12-14-16-18-20-22-24-26-28-30-32-34-36-38-40-42-44-46-48-55(58)62-52-54(53-64-66(60,61)63-51-50-57(3,4)5)65-56(59)49-47-45-43-41-39-37-35-33-31-29-27-25-23-21-19-17-15-13-11-9-7-2/h25,27,54H,6-24,26,28-53H2,1-5H3/p+1/b27-25-. The summed E-state index contributed by atoms with van der Waals surface area (Å²) < 4.78 is 34.6. The zero-order valence-corrected chi connectivity index (χ0v) is 45.4. The number of allylic oxidation sites excluding steroid dienone is 2. The van der Waals surface area contributed by atoms with E-state index < -0.39 is 26.5 Å². The quantitative estimate of drug-likeness (QED) is 0.0211. The first-order chi connectivity index (χ1) is 32.0. The van der Waals surface area contributed by atoms with E-state index in [1.807, 2.05) is 21.1 Å². The molecule has 66 heavy (non-hydrogen) atoms. The first-order valence-electron chi connectivity index (χ1n) is 28.4. The zero-order valence-electron chi connectivity index (χ0n) is 44.5. The first-order valence-corrected chi connectivity index (χ1v) is 29.9. The summed E-state index contributed by atoms with van der Waals surface area (Å²) >= 11 is 0. The lowest BCUT2D eigenvalue weighted by Gasteiger charge is -2.24. The second-order valence-electron chi connectivity index (χ2n) is 20.7. The van der Waals surface area contributed by atoms with Gasteiger partial charge in [0.1, 0.15) is 19.8 Å². The van der Waals surface area contributed by atoms with Crippen LogP contribution >= 0.6 is 7.82 Å². The van der Waals surface area contributed by atoms with Crippen molar-refractivity contribution in [1.82, 2.24) is 0 Å². The van der Waals surface area contributed by atoms with Crippen molar-refractivity contribution in [2.75, 3.05) is 47.5 Å². The minimum atomic E-state index is -4.38. The molecule has 0 aliphatic carbocycles. The van der Waals surface area contributed by atoms with Crippen molar-refractivity contribution in [1.29, 1.82) is 0 Å². The van der Waals surface area contributed by atoms with Crippen molar-refractivity contribution in [2.24, 2.45) is 0 Å². The van der Waals surface area contributed by atoms with Crippen molar-refractivity contribution in [3.05, 3.63) is 12.2 Å². The molecule has 0 aliphatic heterocycles. The largest absolute Gasteiger partial charge is 0.472 e. The Labute approximate surface area is 409 Å². The van der Waals surface area contributed by atoms with Gasteiger partial charge in [-0.1, -0.05) is 244 Å². The lowest BCUT2D eigenvalue weighted by atomic mass is 10.0. The Morgan fingerprint density at radius 3 is 1.12 bits per heavy atom. The molecule has 0 aromatic heterocycles. The van der Waals surface area contributed by atoms with Crippen molar-refractivity contribution >= 4 is 19.8 Å². The molecular weight excluding hydrogens is 846 g/mol. The third-order valence-corrected chi connectivity index (χ3v) is 13.8. The van der Waals surface area contributed by atoms with E-state index in [4.69, 9.17) is 18.5 Å². The summed E-state index contributed by atoms with van der Waals surface area (Å²) in [4.78, 5) is 35.6. The van der Waals surface area contributed by atoms with Gasteiger partial charge in [-0.05, 0) is 38.5 Å². The number of nitrogens with zero attached hydrogens (tertiary/aromatic N) is 1. The third-order valence-electron chi connectivity index (χ3n) is 12.8. The van der Waals surface area contributed by atoms with Gasteiger partial charge in [0.05, 0.1) is 27.7 Å². The molecule has 0 spiro atoms. The Morgan fingerprint density at radius 1 is 0.455 bits per heavy atom. The summed E-state index contributed by atoms with van der Waals surface area (Å²) in [6.45, 7) is 4.49. The van der Waals surface area contributed by atoms with Crippen LogP contribution in [-0.4, -0.2) is 74.9 Å². The van der Waals surface area contributed by atoms with Gasteiger partial charge in [0, 0.05) is 12.8 Å². The minimum Gasteiger partial charge on any atom is -0.462 e. The molecule has 0 aromatic rings. The van der Waals surface area contributed by atoms with Crippen LogP contribution < -0.4 is 0 Å². The van der Waals surface area contributed by atoms with Gasteiger partial charge in [-0.25, -0.2) is 4.57 Å². The fourth-order valence-electron chi connectivity index (χ4n) is 8.37. The Bertz CT molecular complexity index is 1130. The maximum Gasteiger partial charge on any atom is 0.472 e. The highest BCUT2D eigenvalue weighted by Gasteiger charge is 2.27. The number of ether oxygens (including phenoxy) is 2. The topological polar surface area (TPSA) is 108 Å². The van der Waals surface area contributed by atoms with Gasteiger partial charge in [0.15, 0.2) is 6.10 Å². The number of quaternary nitrogens is 1. The van der Waals surface area contributed by atoms with Crippen molar-refractivity contribution in [3.8, 4) is 0 Å². The van der Waals surface area contributed by atoms with E-state index in [0.29, 0.717) is 23.9 Å². The Morgan fingerprint density at radius 2 is 0.773 bits per heavy atom. The number of carbonyl (C=O) groups excluding carboxylic acids is 2. The molecule has 0 bridgehead atoms. The molecule has 0 fully saturated rings. The van der Waals surface area contributed by atoms with Gasteiger partial charge in [-0.2, -0.15) is 0 Å². The number of unbranched alkanes of at least 4 members (excludes halogenated alkanes) is 37. The van der Waals surface area contributed by atoms with E-state index in [-0.39, 0.29) is 25.6 Å². The second kappa shape index (κ2) is 48.8. The SMILES string of the molecule is CCCCCCCCCC/C=C\CCCCCCCCCCCC(=O)OC(COC(=O)CCCCCCCCCCCCCCCCCCCCCCC)COP(=O)(O)OCC[N+](C)(C)C. The molecule has 0 radical (unpaired) electrons. The highest BCUT2D eigenvalue weighted by molar-refractivity contribution is 7.47. The van der Waals surface area contributed by atoms with Crippen LogP contribution in [0.25, 0.3) is 0 Å². The monoisotopic (exact) mass is 957 g/mol. The van der Waals surface area contributed by atoms with Gasteiger partial charge < -0.3 is 18.9 Å². The fraction of sp³-hybridized carbons (Fsp3) is 0.929. The number of phosphoric ester groups is 1. The predicted octanol–water partition coefficient (Wildman–Crippen LogP) is 17.3. The Kier molecular flexibility index (Phi) is 47.8. The molecule has 10 heteroatoms. The van der Waals surface area contributed by atoms with E-state index >= 15 is 0 Å². The third kappa shape index (κ3) is 52.1. The van der Waals surface area contributed by atoms with Gasteiger partial charge in [0.25, 0.3) is 0 Å². The van der Waals surface area contributed by atoms with Gasteiger partial charge in [-0.3, -0.25) is 18.6 Å². The lowest BCUT2D eigenvalue weighted by molar-refractivity contribution is -0.870. The number of hydrogen-bond donors (Lipinski definition) is 1. The molecule has 0 rings (SSSR count). The molecular formula is C56H111NO8P+. The number of likely N-dealkylation sites (N-methyl/N-ethyl adjacent to an activating group) is 1. The van der Waals surface area contributed by atoms with Crippen molar-refractivity contribution < 1.29 is 42.1 Å². The summed E-state index contributed by atoms with van der Waals surface area (Å²) in [6, 6.07) is 0. The number of hydrogen-bond acceptors (Lipinski definition) is 7. The van der Waals surface area contributed by atoms with Crippen LogP contribution in [-0.2, 0) is 32.7 Å². The molecule has 2 unspecified atom stereocenters. The Balaban J connectivity index is 4.15. The highest BCUT2D eigenvalue weighted by Crippen LogP contribution is 2.43. The van der Waals surface area contributed by atoms with Crippen molar-refractivity contribution in [2.45, 2.75) is 290 Å². The van der Waals surface area contributed by atoms with Crippen LogP contribution in [0.1, 0.15) is 284 Å². The maximum absolute atomic E-state index is 12.8. The van der Waals surface area contributed by atoms with Crippen LogP contribution in [0, 0.1) is 0 Å². The number of rotatable bonds is 53. The first kappa shape index (κ1) is 64.8. The van der Waals surface area contributed by atoms with Gasteiger partial charge in [0.2, 0.25) is 0 Å². The molecule has 1 N–H and O–H groups in total. The molecule has 2 atom stereocenters. The van der Waals surface area contributed by atoms with E-state index in [1.54, 1.807) is 0 Å². The van der Waals surface area contributed by atoms with Crippen molar-refractivity contribution in [3.63, 3.8) is 0 Å². The minimum absolute atomic E-state index is 0.0350. The normalized spacial score (nSPS) is 13.4. The average molecular weight is 957 g/mol. The maximum atomic E-state index is 12.8. The van der Waals surface area contributed by atoms with E-state index in [9.17, 15) is 19.0 Å². The van der Waals surface area contributed by atoms with Crippen LogP contribution in [0.4, 0.5) is 0 Å². The number of carbonyl (C=O) groups is 2. The zero-order chi connectivity index (χ0) is 48.5. The van der Waals surface area contributed by atoms with Crippen LogP contribution in [0.2, 0.25) is 0 Å². The average Bonchev–Trinajstić information content (AvgIpc) is 3.27. The molecule has 0 saturated heterocycles. The summed E-state index contributed by atoms with van der Waals surface area (Å²) in [5, 5.41) is 0. The summed E-state index contributed by atoms with van der Waals surface area (Å²) in [5.74, 6) is -0.781. The predicted molar refractivity (Wildman–Crippen MR) is 280 cm³/mol. The summed E-state index contributed by atoms with van der Waals surface area (Å²) in [7, 11) is 1.49. The fourth-order valence-corrected chi connectivity index (χ4v) is 9.11. The van der Waals surface area contributed by atoms with Crippen LogP contribution in [0.15, 0.2) is 12.2 Å². The molecule has 0 aromatic carbocycles. The smallest absolute Gasteiger partial charge is 0.462 e.